The molecule has 2 heterocycles. The summed E-state index contributed by atoms with van der Waals surface area (Å²) in [4.78, 5) is 10.6. The normalized spacial score (nSPS) is 12.8. The van der Waals surface area contributed by atoms with Gasteiger partial charge in [0.25, 0.3) is 0 Å². The highest BCUT2D eigenvalue weighted by Gasteiger charge is 2.37. The molecule has 1 aliphatic rings. The van der Waals surface area contributed by atoms with Gasteiger partial charge in [0.05, 0.1) is 22.4 Å². The molecular weight excluding hydrogens is 751 g/mol. The molecule has 292 valence electrons. The van der Waals surface area contributed by atoms with E-state index in [0.717, 1.165) is 33.5 Å². The molecule has 62 heavy (non-hydrogen) atoms. The number of hydrogen-bond donors (Lipinski definition) is 0. The molecule has 0 N–H and O–H groups in total. The van der Waals surface area contributed by atoms with Gasteiger partial charge >= 0.3 is 0 Å². The molecule has 0 atom stereocenters. The SMILES string of the molecule is CC1(C)c2ccccc2-c2c(-c3cc(-c4ccc(-c5ccc(-c6ccc7c(c6)c6ccccc6n7-c6ccccc6)cc5)c5ccccc45)nc(-c4ccccc4)n3)cccc21. The minimum atomic E-state index is -0.109. The molecule has 2 aromatic heterocycles. The van der Waals surface area contributed by atoms with E-state index in [4.69, 9.17) is 9.97 Å². The molecule has 12 rings (SSSR count). The second-order valence-electron chi connectivity index (χ2n) is 16.9. The van der Waals surface area contributed by atoms with E-state index >= 15 is 0 Å². The molecular formula is C59H41N3. The Morgan fingerprint density at radius 2 is 0.919 bits per heavy atom. The molecule has 0 spiro atoms. The van der Waals surface area contributed by atoms with Crippen LogP contribution in [0.5, 0.6) is 0 Å². The van der Waals surface area contributed by atoms with Crippen molar-refractivity contribution in [2.45, 2.75) is 19.3 Å². The van der Waals surface area contributed by atoms with Crippen molar-refractivity contribution in [3.8, 4) is 73.0 Å². The van der Waals surface area contributed by atoms with Crippen LogP contribution in [0.15, 0.2) is 212 Å². The minimum Gasteiger partial charge on any atom is -0.309 e. The van der Waals surface area contributed by atoms with Gasteiger partial charge in [0, 0.05) is 38.6 Å². The van der Waals surface area contributed by atoms with Crippen molar-refractivity contribution in [2.24, 2.45) is 0 Å². The van der Waals surface area contributed by atoms with Crippen LogP contribution in [0.25, 0.3) is 106 Å². The van der Waals surface area contributed by atoms with Crippen LogP contribution in [0.3, 0.4) is 0 Å². The van der Waals surface area contributed by atoms with Crippen LogP contribution in [0.4, 0.5) is 0 Å². The number of rotatable bonds is 6. The first-order valence-corrected chi connectivity index (χ1v) is 21.4. The van der Waals surface area contributed by atoms with Crippen molar-refractivity contribution in [1.82, 2.24) is 14.5 Å². The van der Waals surface area contributed by atoms with E-state index in [-0.39, 0.29) is 5.41 Å². The Balaban J connectivity index is 0.959. The molecule has 0 unspecified atom stereocenters. The quantitative estimate of drug-likeness (QED) is 0.168. The van der Waals surface area contributed by atoms with Gasteiger partial charge in [0.2, 0.25) is 0 Å². The summed E-state index contributed by atoms with van der Waals surface area (Å²) in [6.45, 7) is 4.66. The Kier molecular flexibility index (Phi) is 8.20. The summed E-state index contributed by atoms with van der Waals surface area (Å²) in [5.41, 5.74) is 18.5. The van der Waals surface area contributed by atoms with Crippen LogP contribution in [0.1, 0.15) is 25.0 Å². The number of para-hydroxylation sites is 2. The van der Waals surface area contributed by atoms with Gasteiger partial charge in [-0.1, -0.05) is 190 Å². The Hall–Kier alpha value is -7.88. The van der Waals surface area contributed by atoms with Crippen molar-refractivity contribution in [3.05, 3.63) is 223 Å². The first-order valence-electron chi connectivity index (χ1n) is 21.4. The smallest absolute Gasteiger partial charge is 0.160 e. The van der Waals surface area contributed by atoms with E-state index in [1.54, 1.807) is 0 Å². The third kappa shape index (κ3) is 5.66. The largest absolute Gasteiger partial charge is 0.309 e. The summed E-state index contributed by atoms with van der Waals surface area (Å²) in [5, 5.41) is 4.85. The van der Waals surface area contributed by atoms with Crippen LogP contribution in [-0.2, 0) is 5.41 Å². The Morgan fingerprint density at radius 3 is 1.71 bits per heavy atom. The van der Waals surface area contributed by atoms with Crippen LogP contribution >= 0.6 is 0 Å². The van der Waals surface area contributed by atoms with Crippen molar-refractivity contribution < 1.29 is 0 Å². The second kappa shape index (κ2) is 14.1. The molecule has 0 saturated heterocycles. The maximum Gasteiger partial charge on any atom is 0.160 e. The number of fused-ring (bicyclic) bond motifs is 7. The molecule has 0 saturated carbocycles. The zero-order valence-corrected chi connectivity index (χ0v) is 34.5. The Bertz CT molecular complexity index is 3520. The van der Waals surface area contributed by atoms with Crippen LogP contribution in [0, 0.1) is 0 Å². The molecule has 3 nitrogen and oxygen atoms in total. The fourth-order valence-corrected chi connectivity index (χ4v) is 10.0. The van der Waals surface area contributed by atoms with Gasteiger partial charge in [0.1, 0.15) is 0 Å². The molecule has 1 aliphatic carbocycles. The first-order chi connectivity index (χ1) is 30.5. The monoisotopic (exact) mass is 791 g/mol. The summed E-state index contributed by atoms with van der Waals surface area (Å²) < 4.78 is 2.37. The minimum absolute atomic E-state index is 0.109. The van der Waals surface area contributed by atoms with Gasteiger partial charge in [-0.15, -0.1) is 0 Å². The molecule has 11 aromatic rings. The average molecular weight is 792 g/mol. The highest BCUT2D eigenvalue weighted by Crippen LogP contribution is 2.52. The second-order valence-corrected chi connectivity index (χ2v) is 16.9. The predicted octanol–water partition coefficient (Wildman–Crippen LogP) is 15.4. The van der Waals surface area contributed by atoms with Gasteiger partial charge in [0.15, 0.2) is 5.82 Å². The maximum atomic E-state index is 5.31. The number of aromatic nitrogens is 3. The van der Waals surface area contributed by atoms with Gasteiger partial charge in [-0.2, -0.15) is 0 Å². The van der Waals surface area contributed by atoms with Crippen molar-refractivity contribution >= 4 is 32.6 Å². The summed E-state index contributed by atoms with van der Waals surface area (Å²) in [6, 6.07) is 76.6. The molecule has 3 heteroatoms. The number of benzene rings is 9. The average Bonchev–Trinajstić information content (AvgIpc) is 3.79. The molecule has 0 aliphatic heterocycles. The number of hydrogen-bond acceptors (Lipinski definition) is 2. The molecule has 0 fully saturated rings. The topological polar surface area (TPSA) is 30.7 Å². The Labute approximate surface area is 361 Å². The fraction of sp³-hybridized carbons (Fsp3) is 0.0508. The summed E-state index contributed by atoms with van der Waals surface area (Å²) in [7, 11) is 0. The number of nitrogens with zero attached hydrogens (tertiary/aromatic N) is 3. The van der Waals surface area contributed by atoms with Crippen LogP contribution in [-0.4, -0.2) is 14.5 Å². The zero-order chi connectivity index (χ0) is 41.4. The molecule has 0 bridgehead atoms. The van der Waals surface area contributed by atoms with Gasteiger partial charge in [-0.05, 0) is 91.7 Å². The Morgan fingerprint density at radius 1 is 0.355 bits per heavy atom. The highest BCUT2D eigenvalue weighted by molar-refractivity contribution is 6.11. The third-order valence-electron chi connectivity index (χ3n) is 13.1. The lowest BCUT2D eigenvalue weighted by molar-refractivity contribution is 0.660. The molecule has 9 aromatic carbocycles. The third-order valence-corrected chi connectivity index (χ3v) is 13.1. The zero-order valence-electron chi connectivity index (χ0n) is 34.5. The standard InChI is InChI=1S/C59H41N3/c1-59(2)51-25-13-11-23-48(51)57-49(24-15-26-52(57)59)54-37-53(60-58(61-54)40-16-5-3-6-17-40)46-34-33-43(44-20-9-10-21-45(44)46)39-30-28-38(29-31-39)41-32-35-56-50(36-41)47-22-12-14-27-55(47)62(56)42-18-7-4-8-19-42/h3-37H,1-2H3. The fourth-order valence-electron chi connectivity index (χ4n) is 10.0. The predicted molar refractivity (Wildman–Crippen MR) is 259 cm³/mol. The van der Waals surface area contributed by atoms with E-state index in [1.165, 1.54) is 77.4 Å². The van der Waals surface area contributed by atoms with Crippen molar-refractivity contribution in [1.29, 1.82) is 0 Å². The highest BCUT2D eigenvalue weighted by atomic mass is 15.0. The van der Waals surface area contributed by atoms with Gasteiger partial charge < -0.3 is 4.57 Å². The van der Waals surface area contributed by atoms with E-state index in [1.807, 2.05) is 6.07 Å². The lowest BCUT2D eigenvalue weighted by atomic mass is 9.82. The summed E-state index contributed by atoms with van der Waals surface area (Å²) >= 11 is 0. The molecule has 0 radical (unpaired) electrons. The van der Waals surface area contributed by atoms with E-state index in [2.05, 4.69) is 225 Å². The maximum absolute atomic E-state index is 5.31. The van der Waals surface area contributed by atoms with Gasteiger partial charge in [-0.3, -0.25) is 0 Å². The summed E-state index contributed by atoms with van der Waals surface area (Å²) in [6.07, 6.45) is 0. The van der Waals surface area contributed by atoms with Crippen molar-refractivity contribution in [3.63, 3.8) is 0 Å². The van der Waals surface area contributed by atoms with E-state index in [0.29, 0.717) is 5.82 Å². The first kappa shape index (κ1) is 36.0. The van der Waals surface area contributed by atoms with Gasteiger partial charge in [-0.25, -0.2) is 9.97 Å². The van der Waals surface area contributed by atoms with Crippen LogP contribution in [0.2, 0.25) is 0 Å². The van der Waals surface area contributed by atoms with Crippen molar-refractivity contribution in [2.75, 3.05) is 0 Å². The summed E-state index contributed by atoms with van der Waals surface area (Å²) in [5.74, 6) is 0.716. The lowest BCUT2D eigenvalue weighted by Crippen LogP contribution is -2.14. The molecule has 0 amide bonds. The van der Waals surface area contributed by atoms with Crippen LogP contribution < -0.4 is 0 Å². The van der Waals surface area contributed by atoms with E-state index in [9.17, 15) is 0 Å². The van der Waals surface area contributed by atoms with E-state index < -0.39 is 0 Å². The lowest BCUT2D eigenvalue weighted by Gasteiger charge is -2.21.